The van der Waals surface area contributed by atoms with E-state index in [9.17, 15) is 15.0 Å². The summed E-state index contributed by atoms with van der Waals surface area (Å²) >= 11 is 3.72. The van der Waals surface area contributed by atoms with Crippen molar-refractivity contribution in [2.45, 2.75) is 56.3 Å². The SMILES string of the molecule is CCSCc1ccc2c(c1)c1c3c(O)[nH]cc3c3c4cc(CSCC)ccc4n4c3c1n2C1C[C@](O)(C(=O)OC)[C@]4(C)O1. The van der Waals surface area contributed by atoms with Crippen LogP contribution in [0.25, 0.3) is 54.4 Å². The van der Waals surface area contributed by atoms with Crippen molar-refractivity contribution in [1.29, 1.82) is 0 Å². The van der Waals surface area contributed by atoms with Gasteiger partial charge in [0.25, 0.3) is 0 Å². The lowest BCUT2D eigenvalue weighted by Gasteiger charge is -2.37. The lowest BCUT2D eigenvalue weighted by molar-refractivity contribution is -0.202. The number of hydrogen-bond acceptors (Lipinski definition) is 7. The molecule has 2 aliphatic rings. The highest BCUT2D eigenvalue weighted by atomic mass is 32.2. The van der Waals surface area contributed by atoms with E-state index in [2.05, 4.69) is 59.8 Å². The molecule has 0 saturated carbocycles. The average molecular weight is 616 g/mol. The van der Waals surface area contributed by atoms with Crippen molar-refractivity contribution in [3.05, 3.63) is 53.7 Å². The summed E-state index contributed by atoms with van der Waals surface area (Å²) in [6.07, 6.45) is 1.24. The van der Waals surface area contributed by atoms with Gasteiger partial charge in [-0.25, -0.2) is 4.79 Å². The van der Waals surface area contributed by atoms with Crippen molar-refractivity contribution in [3.8, 4) is 5.88 Å². The van der Waals surface area contributed by atoms with Crippen LogP contribution in [0, 0.1) is 0 Å². The number of aromatic nitrogens is 3. The standard InChI is InChI=1S/C33H33N3O5S2/c1-5-42-15-17-7-9-22-19(11-17)26-27-21(14-34-30(27)37)25-20-12-18(16-43-6-2)8-10-23(20)36-29(25)28(26)35(22)24-13-33(39,31(38)40-4)32(36,3)41-24/h7-12,14,24,34,37,39H,5-6,13,15-16H2,1-4H3/t24?,32-,33-/m0/s1. The van der Waals surface area contributed by atoms with E-state index in [1.165, 1.54) is 18.2 Å². The van der Waals surface area contributed by atoms with Crippen molar-refractivity contribution >= 4 is 83.9 Å². The third-order valence-electron chi connectivity index (χ3n) is 9.49. The topological polar surface area (TPSA) is 102 Å². The van der Waals surface area contributed by atoms with E-state index in [4.69, 9.17) is 9.47 Å². The summed E-state index contributed by atoms with van der Waals surface area (Å²) in [4.78, 5) is 16.6. The van der Waals surface area contributed by atoms with Gasteiger partial charge in [-0.05, 0) is 53.8 Å². The number of carbonyl (C=O) groups is 1. The molecule has 2 aliphatic heterocycles. The summed E-state index contributed by atoms with van der Waals surface area (Å²) in [5.41, 5.74) is 2.52. The van der Waals surface area contributed by atoms with Crippen molar-refractivity contribution in [1.82, 2.24) is 14.1 Å². The molecule has 5 heterocycles. The molecule has 8 nitrogen and oxygen atoms in total. The maximum absolute atomic E-state index is 13.4. The fraction of sp³-hybridized carbons (Fsp3) is 0.364. The Labute approximate surface area is 256 Å². The maximum Gasteiger partial charge on any atom is 0.343 e. The number of esters is 1. The monoisotopic (exact) mass is 615 g/mol. The molecular weight excluding hydrogens is 583 g/mol. The molecule has 3 aromatic carbocycles. The van der Waals surface area contributed by atoms with Gasteiger partial charge in [0.2, 0.25) is 5.60 Å². The normalized spacial score (nSPS) is 23.0. The molecule has 0 radical (unpaired) electrons. The molecule has 1 unspecified atom stereocenters. The van der Waals surface area contributed by atoms with E-state index < -0.39 is 23.5 Å². The largest absolute Gasteiger partial charge is 0.494 e. The quantitative estimate of drug-likeness (QED) is 0.165. The third kappa shape index (κ3) is 3.35. The number of aromatic amines is 1. The van der Waals surface area contributed by atoms with Crippen LogP contribution < -0.4 is 0 Å². The number of benzene rings is 3. The van der Waals surface area contributed by atoms with Gasteiger partial charge >= 0.3 is 5.97 Å². The van der Waals surface area contributed by atoms with E-state index >= 15 is 0 Å². The van der Waals surface area contributed by atoms with Crippen LogP contribution in [0.4, 0.5) is 0 Å². The lowest BCUT2D eigenvalue weighted by atomic mass is 9.89. The summed E-state index contributed by atoms with van der Waals surface area (Å²) in [6.45, 7) is 6.10. The second-order valence-electron chi connectivity index (χ2n) is 11.7. The van der Waals surface area contributed by atoms with Crippen LogP contribution in [0.15, 0.2) is 42.6 Å². The van der Waals surface area contributed by atoms with E-state index in [1.807, 2.05) is 34.3 Å². The Morgan fingerprint density at radius 1 is 1.00 bits per heavy atom. The molecule has 0 aliphatic carbocycles. The van der Waals surface area contributed by atoms with Crippen LogP contribution in [0.5, 0.6) is 5.88 Å². The Balaban J connectivity index is 1.62. The number of nitrogens with zero attached hydrogens (tertiary/aromatic N) is 2. The first-order valence-corrected chi connectivity index (χ1v) is 17.0. The fourth-order valence-electron chi connectivity index (χ4n) is 7.58. The molecule has 222 valence electrons. The predicted octanol–water partition coefficient (Wildman–Crippen LogP) is 7.10. The highest BCUT2D eigenvalue weighted by Gasteiger charge is 2.65. The minimum absolute atomic E-state index is 0.0193. The molecule has 3 N–H and O–H groups in total. The molecule has 3 atom stereocenters. The van der Waals surface area contributed by atoms with Gasteiger partial charge in [-0.15, -0.1) is 0 Å². The van der Waals surface area contributed by atoms with E-state index in [-0.39, 0.29) is 12.3 Å². The van der Waals surface area contributed by atoms with Crippen LogP contribution in [0.2, 0.25) is 0 Å². The number of fused-ring (bicyclic) bond motifs is 13. The number of carbonyl (C=O) groups excluding carboxylic acids is 1. The molecule has 1 fully saturated rings. The summed E-state index contributed by atoms with van der Waals surface area (Å²) in [7, 11) is 1.31. The Morgan fingerprint density at radius 3 is 2.30 bits per heavy atom. The number of thioether (sulfide) groups is 2. The highest BCUT2D eigenvalue weighted by molar-refractivity contribution is 7.98. The first-order valence-electron chi connectivity index (χ1n) is 14.7. The van der Waals surface area contributed by atoms with Crippen LogP contribution in [-0.4, -0.2) is 54.5 Å². The molecule has 8 rings (SSSR count). The number of nitrogens with one attached hydrogen (secondary N) is 1. The first kappa shape index (κ1) is 27.3. The number of aliphatic hydroxyl groups is 1. The first-order chi connectivity index (χ1) is 20.8. The van der Waals surface area contributed by atoms with Gasteiger partial charge in [-0.1, -0.05) is 26.0 Å². The Kier molecular flexibility index (Phi) is 5.92. The smallest absolute Gasteiger partial charge is 0.343 e. The van der Waals surface area contributed by atoms with Crippen LogP contribution >= 0.6 is 23.5 Å². The van der Waals surface area contributed by atoms with E-state index in [1.54, 1.807) is 6.92 Å². The lowest BCUT2D eigenvalue weighted by Crippen LogP contribution is -2.56. The molecule has 1 saturated heterocycles. The Hall–Kier alpha value is -3.31. The number of ether oxygens (including phenoxy) is 2. The molecular formula is C33H33N3O5S2. The van der Waals surface area contributed by atoms with E-state index in [0.717, 1.165) is 77.4 Å². The van der Waals surface area contributed by atoms with Gasteiger partial charge in [-0.2, -0.15) is 23.5 Å². The van der Waals surface area contributed by atoms with Gasteiger partial charge in [0.1, 0.15) is 6.23 Å². The van der Waals surface area contributed by atoms with Gasteiger partial charge in [0.05, 0.1) is 34.6 Å². The van der Waals surface area contributed by atoms with Crippen molar-refractivity contribution in [2.24, 2.45) is 0 Å². The highest BCUT2D eigenvalue weighted by Crippen LogP contribution is 2.58. The minimum Gasteiger partial charge on any atom is -0.494 e. The summed E-state index contributed by atoms with van der Waals surface area (Å²) in [6, 6.07) is 12.8. The molecule has 43 heavy (non-hydrogen) atoms. The molecule has 0 amide bonds. The number of hydrogen-bond donors (Lipinski definition) is 3. The second-order valence-corrected chi connectivity index (χ2v) is 14.2. The summed E-state index contributed by atoms with van der Waals surface area (Å²) in [5.74, 6) is 3.16. The second kappa shape index (κ2) is 9.34. The number of rotatable bonds is 7. The zero-order valence-electron chi connectivity index (χ0n) is 24.5. The maximum atomic E-state index is 13.4. The van der Waals surface area contributed by atoms with Crippen molar-refractivity contribution in [2.75, 3.05) is 18.6 Å². The molecule has 10 heteroatoms. The molecule has 3 aromatic heterocycles. The summed E-state index contributed by atoms with van der Waals surface area (Å²) in [5, 5.41) is 29.2. The Morgan fingerprint density at radius 2 is 1.65 bits per heavy atom. The van der Waals surface area contributed by atoms with E-state index in [0.29, 0.717) is 0 Å². The number of H-pyrrole nitrogens is 1. The van der Waals surface area contributed by atoms with Gasteiger partial charge in [0.15, 0.2) is 11.6 Å². The van der Waals surface area contributed by atoms with Crippen LogP contribution in [-0.2, 0) is 31.5 Å². The fourth-order valence-corrected chi connectivity index (χ4v) is 8.82. The predicted molar refractivity (Wildman–Crippen MR) is 175 cm³/mol. The molecule has 6 aromatic rings. The van der Waals surface area contributed by atoms with Gasteiger partial charge < -0.3 is 33.8 Å². The van der Waals surface area contributed by atoms with Crippen LogP contribution in [0.3, 0.4) is 0 Å². The molecule has 2 bridgehead atoms. The van der Waals surface area contributed by atoms with Gasteiger partial charge in [0, 0.05) is 51.1 Å². The average Bonchev–Trinajstić information content (AvgIpc) is 3.70. The number of aromatic hydroxyl groups is 1. The zero-order chi connectivity index (χ0) is 29.8. The third-order valence-corrected chi connectivity index (χ3v) is 11.4. The molecule has 0 spiro atoms. The summed E-state index contributed by atoms with van der Waals surface area (Å²) < 4.78 is 16.2. The van der Waals surface area contributed by atoms with Crippen LogP contribution in [0.1, 0.15) is 44.5 Å². The minimum atomic E-state index is -1.95. The number of methoxy groups -OCH3 is 1. The zero-order valence-corrected chi connectivity index (χ0v) is 26.1. The van der Waals surface area contributed by atoms with Crippen molar-refractivity contribution in [3.63, 3.8) is 0 Å². The van der Waals surface area contributed by atoms with Crippen molar-refractivity contribution < 1.29 is 24.5 Å². The Bertz CT molecular complexity index is 2150. The van der Waals surface area contributed by atoms with Gasteiger partial charge in [-0.3, -0.25) is 0 Å².